The van der Waals surface area contributed by atoms with Gasteiger partial charge in [-0.15, -0.1) is 0 Å². The Bertz CT molecular complexity index is 492. The zero-order chi connectivity index (χ0) is 16.1. The van der Waals surface area contributed by atoms with E-state index < -0.39 is 0 Å². The third kappa shape index (κ3) is 4.05. The zero-order valence-electron chi connectivity index (χ0n) is 13.3. The zero-order valence-corrected chi connectivity index (χ0v) is 13.3. The highest BCUT2D eigenvalue weighted by molar-refractivity contribution is 5.78. The highest BCUT2D eigenvalue weighted by atomic mass is 19.1. The molecule has 0 spiro atoms. The lowest BCUT2D eigenvalue weighted by Gasteiger charge is -2.30. The maximum atomic E-state index is 13.0. The van der Waals surface area contributed by atoms with Gasteiger partial charge in [0.2, 0.25) is 5.91 Å². The Balaban J connectivity index is 1.98. The summed E-state index contributed by atoms with van der Waals surface area (Å²) < 4.78 is 13.0. The van der Waals surface area contributed by atoms with Crippen LogP contribution < -0.4 is 0 Å². The van der Waals surface area contributed by atoms with Crippen LogP contribution in [-0.4, -0.2) is 53.6 Å². The van der Waals surface area contributed by atoms with Crippen molar-refractivity contribution < 1.29 is 14.3 Å². The Morgan fingerprint density at radius 3 is 2.68 bits per heavy atom. The molecular formula is C17H25FN2O2. The lowest BCUT2D eigenvalue weighted by molar-refractivity contribution is -0.134. The minimum absolute atomic E-state index is 0.0747. The van der Waals surface area contributed by atoms with Crippen molar-refractivity contribution in [1.82, 2.24) is 9.80 Å². The summed E-state index contributed by atoms with van der Waals surface area (Å²) in [5, 5.41) is 9.18. The molecule has 2 rings (SSSR count). The van der Waals surface area contributed by atoms with Crippen LogP contribution in [0, 0.1) is 11.7 Å². The van der Waals surface area contributed by atoms with E-state index in [2.05, 4.69) is 4.90 Å². The van der Waals surface area contributed by atoms with Crippen LogP contribution >= 0.6 is 0 Å². The highest BCUT2D eigenvalue weighted by Gasteiger charge is 2.26. The number of rotatable bonds is 6. The van der Waals surface area contributed by atoms with E-state index in [0.717, 1.165) is 25.1 Å². The van der Waals surface area contributed by atoms with Crippen LogP contribution in [0.15, 0.2) is 24.3 Å². The van der Waals surface area contributed by atoms with E-state index in [1.54, 1.807) is 12.1 Å². The molecule has 0 unspecified atom stereocenters. The van der Waals surface area contributed by atoms with Gasteiger partial charge in [0.05, 0.1) is 12.6 Å². The molecule has 2 atom stereocenters. The topological polar surface area (TPSA) is 43.8 Å². The van der Waals surface area contributed by atoms with Crippen LogP contribution in [0.3, 0.4) is 0 Å². The van der Waals surface area contributed by atoms with Crippen molar-refractivity contribution >= 4 is 5.91 Å². The molecule has 122 valence electrons. The number of hydrogen-bond acceptors (Lipinski definition) is 3. The molecule has 1 saturated heterocycles. The van der Waals surface area contributed by atoms with Gasteiger partial charge in [0, 0.05) is 19.7 Å². The molecule has 4 nitrogen and oxygen atoms in total. The highest BCUT2D eigenvalue weighted by Crippen LogP contribution is 2.22. The third-order valence-electron chi connectivity index (χ3n) is 4.47. The number of likely N-dealkylation sites (tertiary alicyclic amines) is 1. The number of hydrogen-bond donors (Lipinski definition) is 1. The Morgan fingerprint density at radius 2 is 2.14 bits per heavy atom. The van der Waals surface area contributed by atoms with E-state index in [4.69, 9.17) is 0 Å². The van der Waals surface area contributed by atoms with Crippen LogP contribution in [0.1, 0.15) is 31.9 Å². The van der Waals surface area contributed by atoms with Gasteiger partial charge in [-0.3, -0.25) is 9.69 Å². The summed E-state index contributed by atoms with van der Waals surface area (Å²) >= 11 is 0. The summed E-state index contributed by atoms with van der Waals surface area (Å²) in [6.45, 7) is 6.76. The number of likely N-dealkylation sites (N-methyl/N-ethyl adjacent to an activating group) is 1. The van der Waals surface area contributed by atoms with Crippen molar-refractivity contribution in [2.45, 2.75) is 26.3 Å². The number of halogens is 1. The molecule has 1 aliphatic heterocycles. The lowest BCUT2D eigenvalue weighted by atomic mass is 10.1. The lowest BCUT2D eigenvalue weighted by Crippen LogP contribution is -2.41. The van der Waals surface area contributed by atoms with Crippen LogP contribution in [0.25, 0.3) is 0 Å². The van der Waals surface area contributed by atoms with Gasteiger partial charge in [-0.05, 0) is 50.4 Å². The van der Waals surface area contributed by atoms with Gasteiger partial charge in [-0.1, -0.05) is 12.1 Å². The van der Waals surface area contributed by atoms with Crippen LogP contribution in [-0.2, 0) is 4.79 Å². The first kappa shape index (κ1) is 16.9. The summed E-state index contributed by atoms with van der Waals surface area (Å²) in [6, 6.07) is 6.24. The molecule has 0 radical (unpaired) electrons. The van der Waals surface area contributed by atoms with Gasteiger partial charge in [0.25, 0.3) is 0 Å². The maximum absolute atomic E-state index is 13.0. The predicted molar refractivity (Wildman–Crippen MR) is 83.8 cm³/mol. The Labute approximate surface area is 131 Å². The van der Waals surface area contributed by atoms with E-state index in [9.17, 15) is 14.3 Å². The molecule has 1 N–H and O–H groups in total. The molecule has 0 saturated carbocycles. The second-order valence-corrected chi connectivity index (χ2v) is 5.98. The summed E-state index contributed by atoms with van der Waals surface area (Å²) in [6.07, 6.45) is 0.948. The summed E-state index contributed by atoms with van der Waals surface area (Å²) in [5.74, 6) is 0.104. The van der Waals surface area contributed by atoms with Crippen LogP contribution in [0.2, 0.25) is 0 Å². The number of nitrogens with zero attached hydrogens (tertiary/aromatic N) is 2. The maximum Gasteiger partial charge on any atom is 0.237 e. The molecule has 0 bridgehead atoms. The minimum Gasteiger partial charge on any atom is -0.396 e. The number of carbonyl (C=O) groups excluding carboxylic acids is 1. The Morgan fingerprint density at radius 1 is 1.45 bits per heavy atom. The van der Waals surface area contributed by atoms with E-state index in [-0.39, 0.29) is 30.3 Å². The molecule has 1 aromatic carbocycles. The molecule has 22 heavy (non-hydrogen) atoms. The molecule has 5 heteroatoms. The van der Waals surface area contributed by atoms with E-state index in [1.807, 2.05) is 18.7 Å². The molecule has 1 aliphatic rings. The third-order valence-corrected chi connectivity index (χ3v) is 4.47. The van der Waals surface area contributed by atoms with Crippen molar-refractivity contribution in [2.24, 2.45) is 5.92 Å². The predicted octanol–water partition coefficient (Wildman–Crippen LogP) is 2.05. The average Bonchev–Trinajstić information content (AvgIpc) is 2.96. The molecule has 1 heterocycles. The number of aliphatic hydroxyl groups excluding tert-OH is 1. The smallest absolute Gasteiger partial charge is 0.237 e. The number of amides is 1. The average molecular weight is 308 g/mol. The fourth-order valence-corrected chi connectivity index (χ4v) is 3.08. The van der Waals surface area contributed by atoms with Gasteiger partial charge >= 0.3 is 0 Å². The van der Waals surface area contributed by atoms with Gasteiger partial charge in [-0.2, -0.15) is 0 Å². The van der Waals surface area contributed by atoms with Crippen molar-refractivity contribution in [2.75, 3.05) is 32.8 Å². The second kappa shape index (κ2) is 7.70. The molecule has 0 aromatic heterocycles. The number of carbonyl (C=O) groups is 1. The number of aliphatic hydroxyl groups is 1. The molecule has 1 fully saturated rings. The number of benzene rings is 1. The van der Waals surface area contributed by atoms with Crippen LogP contribution in [0.5, 0.6) is 0 Å². The fourth-order valence-electron chi connectivity index (χ4n) is 3.08. The van der Waals surface area contributed by atoms with Gasteiger partial charge in [-0.25, -0.2) is 4.39 Å². The largest absolute Gasteiger partial charge is 0.396 e. The monoisotopic (exact) mass is 308 g/mol. The summed E-state index contributed by atoms with van der Waals surface area (Å²) in [7, 11) is 0. The quantitative estimate of drug-likeness (QED) is 0.875. The summed E-state index contributed by atoms with van der Waals surface area (Å²) in [4.78, 5) is 16.5. The normalized spacial score (nSPS) is 20.1. The minimum atomic E-state index is -0.266. The molecular weight excluding hydrogens is 283 g/mol. The van der Waals surface area contributed by atoms with E-state index in [1.165, 1.54) is 12.1 Å². The SMILES string of the molecule is CCN(C(=O)CN1CC[C@H](CO)C1)[C@@H](C)c1ccc(F)cc1. The Kier molecular flexibility index (Phi) is 5.91. The van der Waals surface area contributed by atoms with Crippen molar-refractivity contribution in [3.05, 3.63) is 35.6 Å². The van der Waals surface area contributed by atoms with Crippen molar-refractivity contribution in [1.29, 1.82) is 0 Å². The van der Waals surface area contributed by atoms with E-state index in [0.29, 0.717) is 13.1 Å². The fraction of sp³-hybridized carbons (Fsp3) is 0.588. The van der Waals surface area contributed by atoms with Crippen molar-refractivity contribution in [3.8, 4) is 0 Å². The van der Waals surface area contributed by atoms with Gasteiger partial charge in [0.1, 0.15) is 5.82 Å². The Hall–Kier alpha value is -1.46. The molecule has 1 amide bonds. The van der Waals surface area contributed by atoms with E-state index >= 15 is 0 Å². The first-order chi connectivity index (χ1) is 10.5. The van der Waals surface area contributed by atoms with Gasteiger partial charge in [0.15, 0.2) is 0 Å². The molecule has 1 aromatic rings. The summed E-state index contributed by atoms with van der Waals surface area (Å²) in [5.41, 5.74) is 0.936. The second-order valence-electron chi connectivity index (χ2n) is 5.98. The molecule has 0 aliphatic carbocycles. The van der Waals surface area contributed by atoms with Crippen molar-refractivity contribution in [3.63, 3.8) is 0 Å². The van der Waals surface area contributed by atoms with Crippen LogP contribution in [0.4, 0.5) is 4.39 Å². The first-order valence-electron chi connectivity index (χ1n) is 7.93. The van der Waals surface area contributed by atoms with Gasteiger partial charge < -0.3 is 10.0 Å². The first-order valence-corrected chi connectivity index (χ1v) is 7.93. The standard InChI is InChI=1S/C17H25FN2O2/c1-3-20(13(2)15-4-6-16(18)7-5-15)17(22)11-19-9-8-14(10-19)12-21/h4-7,13-14,21H,3,8-12H2,1-2H3/t13-,14-/m0/s1.